The van der Waals surface area contributed by atoms with Crippen molar-refractivity contribution in [1.29, 1.82) is 0 Å². The van der Waals surface area contributed by atoms with Crippen LogP contribution in [0.25, 0.3) is 0 Å². The molecule has 0 radical (unpaired) electrons. The lowest BCUT2D eigenvalue weighted by Crippen LogP contribution is -2.25. The summed E-state index contributed by atoms with van der Waals surface area (Å²) in [4.78, 5) is 8.90. The van der Waals surface area contributed by atoms with Crippen LogP contribution in [0.15, 0.2) is 47.8 Å². The number of aliphatic hydroxyl groups is 1. The molecule has 0 aliphatic heterocycles. The summed E-state index contributed by atoms with van der Waals surface area (Å²) in [5, 5.41) is 14.0. The molecule has 0 bridgehead atoms. The van der Waals surface area contributed by atoms with E-state index >= 15 is 0 Å². The Bertz CT molecular complexity index is 608. The van der Waals surface area contributed by atoms with E-state index < -0.39 is 0 Å². The number of anilines is 1. The molecule has 1 aliphatic carbocycles. The number of hydrogen-bond donors (Lipinski definition) is 2. The summed E-state index contributed by atoms with van der Waals surface area (Å²) in [6.45, 7) is 0.860. The first-order chi connectivity index (χ1) is 11.3. The van der Waals surface area contributed by atoms with Gasteiger partial charge in [-0.25, -0.2) is 4.98 Å². The number of hydrogen-bond acceptors (Lipinski definition) is 5. The highest BCUT2D eigenvalue weighted by Crippen LogP contribution is 2.25. The molecule has 5 heteroatoms. The number of nitrogens with one attached hydrogen (secondary N) is 1. The van der Waals surface area contributed by atoms with Crippen molar-refractivity contribution in [1.82, 2.24) is 9.97 Å². The number of rotatable bonds is 6. The number of thioether (sulfide) groups is 1. The highest BCUT2D eigenvalue weighted by molar-refractivity contribution is 7.98. The highest BCUT2D eigenvalue weighted by atomic mass is 32.2. The molecule has 0 spiro atoms. The van der Waals surface area contributed by atoms with Crippen molar-refractivity contribution in [3.63, 3.8) is 0 Å². The van der Waals surface area contributed by atoms with Gasteiger partial charge in [-0.3, -0.25) is 4.98 Å². The van der Waals surface area contributed by atoms with Crippen molar-refractivity contribution in [2.45, 2.75) is 42.6 Å². The van der Waals surface area contributed by atoms with E-state index in [1.54, 1.807) is 18.0 Å². The fourth-order valence-electron chi connectivity index (χ4n) is 2.93. The Hall–Kier alpha value is -1.59. The average Bonchev–Trinajstić information content (AvgIpc) is 2.60. The Morgan fingerprint density at radius 2 is 2.04 bits per heavy atom. The normalized spacial score (nSPS) is 21.1. The number of aromatic nitrogens is 2. The van der Waals surface area contributed by atoms with Crippen LogP contribution >= 0.6 is 11.8 Å². The Balaban J connectivity index is 1.50. The maximum Gasteiger partial charge on any atom is 0.145 e. The van der Waals surface area contributed by atoms with Crippen LogP contribution in [0.5, 0.6) is 0 Å². The summed E-state index contributed by atoms with van der Waals surface area (Å²) < 4.78 is 0. The van der Waals surface area contributed by atoms with E-state index in [4.69, 9.17) is 0 Å². The molecule has 3 rings (SSSR count). The van der Waals surface area contributed by atoms with Crippen molar-refractivity contribution < 1.29 is 5.11 Å². The summed E-state index contributed by atoms with van der Waals surface area (Å²) in [7, 11) is 0. The third-order valence-corrected chi connectivity index (χ3v) is 5.14. The van der Waals surface area contributed by atoms with Gasteiger partial charge in [-0.1, -0.05) is 36.8 Å². The lowest BCUT2D eigenvalue weighted by molar-refractivity contribution is 0.104. The maximum absolute atomic E-state index is 9.74. The van der Waals surface area contributed by atoms with Crippen molar-refractivity contribution >= 4 is 17.6 Å². The first kappa shape index (κ1) is 16.3. The third kappa shape index (κ3) is 5.22. The van der Waals surface area contributed by atoms with E-state index in [2.05, 4.69) is 39.6 Å². The van der Waals surface area contributed by atoms with Gasteiger partial charge < -0.3 is 10.4 Å². The molecule has 2 N–H and O–H groups in total. The molecule has 2 aromatic rings. The van der Waals surface area contributed by atoms with Gasteiger partial charge in [0, 0.05) is 12.3 Å². The van der Waals surface area contributed by atoms with Gasteiger partial charge in [0.15, 0.2) is 0 Å². The molecule has 1 aromatic heterocycles. The predicted octanol–water partition coefficient (Wildman–Crippen LogP) is 3.73. The lowest BCUT2D eigenvalue weighted by Gasteiger charge is -2.26. The average molecular weight is 329 g/mol. The van der Waals surface area contributed by atoms with Crippen molar-refractivity contribution in [3.05, 3.63) is 48.3 Å². The predicted molar refractivity (Wildman–Crippen MR) is 94.5 cm³/mol. The number of nitrogens with zero attached hydrogens (tertiary/aromatic N) is 2. The second-order valence-corrected chi connectivity index (χ2v) is 7.08. The standard InChI is InChI=1S/C18H23N3OS/c22-16-8-4-7-15(9-16)10-20-17-11-19-12-18(21-17)23-13-14-5-2-1-3-6-14/h1-3,5-6,11-12,15-16,22H,4,7-10,13H2,(H,20,21). The van der Waals surface area contributed by atoms with Crippen LogP contribution < -0.4 is 5.32 Å². The highest BCUT2D eigenvalue weighted by Gasteiger charge is 2.19. The first-order valence-corrected chi connectivity index (χ1v) is 9.19. The third-order valence-electron chi connectivity index (χ3n) is 4.17. The minimum absolute atomic E-state index is 0.130. The Kier molecular flexibility index (Phi) is 5.88. The van der Waals surface area contributed by atoms with Crippen LogP contribution in [-0.2, 0) is 5.75 Å². The quantitative estimate of drug-likeness (QED) is 0.791. The van der Waals surface area contributed by atoms with Gasteiger partial charge in [0.2, 0.25) is 0 Å². The number of aliphatic hydroxyl groups excluding tert-OH is 1. The van der Waals surface area contributed by atoms with Crippen LogP contribution in [0.4, 0.5) is 5.82 Å². The Labute approximate surface area is 141 Å². The molecule has 122 valence electrons. The summed E-state index contributed by atoms with van der Waals surface area (Å²) in [5.74, 6) is 2.25. The fraction of sp³-hybridized carbons (Fsp3) is 0.444. The zero-order chi connectivity index (χ0) is 15.9. The fourth-order valence-corrected chi connectivity index (χ4v) is 3.74. The summed E-state index contributed by atoms with van der Waals surface area (Å²) >= 11 is 1.70. The van der Waals surface area contributed by atoms with Crippen LogP contribution in [0.1, 0.15) is 31.2 Å². The Morgan fingerprint density at radius 3 is 2.87 bits per heavy atom. The molecule has 4 nitrogen and oxygen atoms in total. The Morgan fingerprint density at radius 1 is 1.17 bits per heavy atom. The summed E-state index contributed by atoms with van der Waals surface area (Å²) in [6.07, 6.45) is 7.58. The zero-order valence-corrected chi connectivity index (χ0v) is 14.0. The van der Waals surface area contributed by atoms with E-state index in [1.165, 1.54) is 12.0 Å². The minimum Gasteiger partial charge on any atom is -0.393 e. The zero-order valence-electron chi connectivity index (χ0n) is 13.2. The van der Waals surface area contributed by atoms with Gasteiger partial charge in [-0.05, 0) is 30.7 Å². The van der Waals surface area contributed by atoms with Gasteiger partial charge in [0.1, 0.15) is 10.8 Å². The van der Waals surface area contributed by atoms with Crippen molar-refractivity contribution in [2.75, 3.05) is 11.9 Å². The molecular weight excluding hydrogens is 306 g/mol. The summed E-state index contributed by atoms with van der Waals surface area (Å²) in [6, 6.07) is 10.4. The number of benzene rings is 1. The molecule has 0 amide bonds. The second kappa shape index (κ2) is 8.31. The summed E-state index contributed by atoms with van der Waals surface area (Å²) in [5.41, 5.74) is 1.29. The van der Waals surface area contributed by atoms with E-state index in [9.17, 15) is 5.11 Å². The van der Waals surface area contributed by atoms with Crippen LogP contribution in [0.3, 0.4) is 0 Å². The van der Waals surface area contributed by atoms with E-state index in [1.807, 2.05) is 12.3 Å². The van der Waals surface area contributed by atoms with Crippen LogP contribution in [-0.4, -0.2) is 27.7 Å². The first-order valence-electron chi connectivity index (χ1n) is 8.20. The molecule has 1 heterocycles. The van der Waals surface area contributed by atoms with E-state index in [-0.39, 0.29) is 6.10 Å². The SMILES string of the molecule is OC1CCCC(CNc2cncc(SCc3ccccc3)n2)C1. The van der Waals surface area contributed by atoms with Crippen LogP contribution in [0, 0.1) is 5.92 Å². The molecule has 2 atom stereocenters. The van der Waals surface area contributed by atoms with E-state index in [0.29, 0.717) is 5.92 Å². The monoisotopic (exact) mass is 329 g/mol. The molecule has 1 aromatic carbocycles. The minimum atomic E-state index is -0.130. The smallest absolute Gasteiger partial charge is 0.145 e. The largest absolute Gasteiger partial charge is 0.393 e. The molecule has 1 saturated carbocycles. The lowest BCUT2D eigenvalue weighted by atomic mass is 9.87. The van der Waals surface area contributed by atoms with Gasteiger partial charge in [0.05, 0.1) is 18.5 Å². The van der Waals surface area contributed by atoms with Gasteiger partial charge >= 0.3 is 0 Å². The van der Waals surface area contributed by atoms with Crippen molar-refractivity contribution in [2.24, 2.45) is 5.92 Å². The van der Waals surface area contributed by atoms with Gasteiger partial charge in [-0.15, -0.1) is 11.8 Å². The molecule has 2 unspecified atom stereocenters. The van der Waals surface area contributed by atoms with E-state index in [0.717, 1.165) is 42.4 Å². The molecule has 23 heavy (non-hydrogen) atoms. The van der Waals surface area contributed by atoms with Gasteiger partial charge in [-0.2, -0.15) is 0 Å². The molecule has 1 aliphatic rings. The maximum atomic E-state index is 9.74. The molecule has 1 fully saturated rings. The van der Waals surface area contributed by atoms with Crippen LogP contribution in [0.2, 0.25) is 0 Å². The topological polar surface area (TPSA) is 58.0 Å². The molecular formula is C18H23N3OS. The second-order valence-electron chi connectivity index (χ2n) is 6.08. The van der Waals surface area contributed by atoms with Crippen molar-refractivity contribution in [3.8, 4) is 0 Å². The van der Waals surface area contributed by atoms with Gasteiger partial charge in [0.25, 0.3) is 0 Å². The molecule has 0 saturated heterocycles.